The van der Waals surface area contributed by atoms with Gasteiger partial charge in [0.25, 0.3) is 0 Å². The van der Waals surface area contributed by atoms with E-state index in [0.717, 1.165) is 3.57 Å². The second-order valence-electron chi connectivity index (χ2n) is 4.28. The Morgan fingerprint density at radius 3 is 2.32 bits per heavy atom. The zero-order chi connectivity index (χ0) is 14.6. The molecular weight excluding hydrogens is 381 g/mol. The van der Waals surface area contributed by atoms with Crippen molar-refractivity contribution >= 4 is 38.6 Å². The molecule has 0 spiro atoms. The number of hydrogen-bond acceptors (Lipinski definition) is 3. The highest BCUT2D eigenvalue weighted by atomic mass is 127. The van der Waals surface area contributed by atoms with E-state index in [1.807, 2.05) is 6.92 Å². The molecule has 0 saturated carbocycles. The lowest BCUT2D eigenvalue weighted by Gasteiger charge is -2.20. The Labute approximate surface area is 126 Å². The van der Waals surface area contributed by atoms with Crippen molar-refractivity contribution in [2.75, 3.05) is 0 Å². The normalized spacial score (nSPS) is 14.9. The average molecular weight is 397 g/mol. The third kappa shape index (κ3) is 4.43. The Morgan fingerprint density at radius 2 is 1.89 bits per heavy atom. The van der Waals surface area contributed by atoms with Gasteiger partial charge in [0.05, 0.1) is 4.90 Å². The maximum Gasteiger partial charge on any atom is 0.322 e. The molecule has 0 saturated heterocycles. The summed E-state index contributed by atoms with van der Waals surface area (Å²) in [5, 5.41) is 9.10. The summed E-state index contributed by atoms with van der Waals surface area (Å²) in [6.45, 7) is 3.52. The lowest BCUT2D eigenvalue weighted by atomic mass is 10.0. The molecule has 0 aliphatic heterocycles. The SMILES string of the molecule is CC[C@H](C)[C@H](NS(=O)(=O)c1ccc(I)cc1)C(=O)O. The van der Waals surface area contributed by atoms with Gasteiger partial charge in [-0.2, -0.15) is 4.72 Å². The lowest BCUT2D eigenvalue weighted by Crippen LogP contribution is -2.44. The van der Waals surface area contributed by atoms with Gasteiger partial charge in [-0.25, -0.2) is 8.42 Å². The Kier molecular flexibility index (Phi) is 5.75. The summed E-state index contributed by atoms with van der Waals surface area (Å²) in [7, 11) is -3.81. The molecule has 5 nitrogen and oxygen atoms in total. The van der Waals surface area contributed by atoms with E-state index in [9.17, 15) is 13.2 Å². The molecule has 2 N–H and O–H groups in total. The molecule has 0 aromatic heterocycles. The third-order valence-electron chi connectivity index (χ3n) is 2.89. The minimum atomic E-state index is -3.81. The highest BCUT2D eigenvalue weighted by Gasteiger charge is 2.29. The van der Waals surface area contributed by atoms with E-state index in [-0.39, 0.29) is 10.8 Å². The summed E-state index contributed by atoms with van der Waals surface area (Å²) in [6.07, 6.45) is 0.576. The molecule has 1 aromatic rings. The first-order chi connectivity index (χ1) is 8.77. The predicted molar refractivity (Wildman–Crippen MR) is 80.4 cm³/mol. The number of aliphatic carboxylic acids is 1. The van der Waals surface area contributed by atoms with Gasteiger partial charge >= 0.3 is 5.97 Å². The topological polar surface area (TPSA) is 83.5 Å². The standard InChI is InChI=1S/C12H16INO4S/c1-3-8(2)11(12(15)16)14-19(17,18)10-6-4-9(13)5-7-10/h4-8,11,14H,3H2,1-2H3,(H,15,16)/t8-,11-/m0/s1. The van der Waals surface area contributed by atoms with Crippen LogP contribution < -0.4 is 4.72 Å². The van der Waals surface area contributed by atoms with Gasteiger partial charge < -0.3 is 5.11 Å². The molecule has 0 fully saturated rings. The number of carboxylic acid groups (broad SMARTS) is 1. The fourth-order valence-corrected chi connectivity index (χ4v) is 3.15. The van der Waals surface area contributed by atoms with E-state index in [1.165, 1.54) is 12.1 Å². The van der Waals surface area contributed by atoms with Crippen LogP contribution in [0.2, 0.25) is 0 Å². The molecule has 0 radical (unpaired) electrons. The lowest BCUT2D eigenvalue weighted by molar-refractivity contribution is -0.140. The van der Waals surface area contributed by atoms with Gasteiger partial charge in [0.2, 0.25) is 10.0 Å². The van der Waals surface area contributed by atoms with Crippen LogP contribution in [0.25, 0.3) is 0 Å². The minimum Gasteiger partial charge on any atom is -0.480 e. The van der Waals surface area contributed by atoms with E-state index in [0.29, 0.717) is 6.42 Å². The van der Waals surface area contributed by atoms with Crippen molar-refractivity contribution in [1.29, 1.82) is 0 Å². The number of nitrogens with one attached hydrogen (secondary N) is 1. The van der Waals surface area contributed by atoms with Crippen molar-refractivity contribution in [1.82, 2.24) is 4.72 Å². The van der Waals surface area contributed by atoms with Crippen LogP contribution in [-0.4, -0.2) is 25.5 Å². The number of sulfonamides is 1. The molecule has 1 aromatic carbocycles. The monoisotopic (exact) mass is 397 g/mol. The second-order valence-corrected chi connectivity index (χ2v) is 7.24. The van der Waals surface area contributed by atoms with Crippen molar-refractivity contribution in [2.45, 2.75) is 31.2 Å². The Morgan fingerprint density at radius 1 is 1.37 bits per heavy atom. The van der Waals surface area contributed by atoms with Gasteiger partial charge in [-0.05, 0) is 52.8 Å². The smallest absolute Gasteiger partial charge is 0.322 e. The fourth-order valence-electron chi connectivity index (χ4n) is 1.49. The van der Waals surface area contributed by atoms with Gasteiger partial charge in [0.1, 0.15) is 6.04 Å². The van der Waals surface area contributed by atoms with Crippen LogP contribution in [0, 0.1) is 9.49 Å². The summed E-state index contributed by atoms with van der Waals surface area (Å²) in [4.78, 5) is 11.2. The summed E-state index contributed by atoms with van der Waals surface area (Å²) in [5.41, 5.74) is 0. The maximum absolute atomic E-state index is 12.1. The zero-order valence-electron chi connectivity index (χ0n) is 10.6. The number of rotatable bonds is 6. The van der Waals surface area contributed by atoms with Crippen molar-refractivity contribution < 1.29 is 18.3 Å². The van der Waals surface area contributed by atoms with Gasteiger partial charge in [0, 0.05) is 3.57 Å². The van der Waals surface area contributed by atoms with E-state index in [4.69, 9.17) is 5.11 Å². The second kappa shape index (κ2) is 6.67. The number of hydrogen-bond donors (Lipinski definition) is 2. The predicted octanol–water partition coefficient (Wildman–Crippen LogP) is 2.07. The van der Waals surface area contributed by atoms with Gasteiger partial charge in [-0.15, -0.1) is 0 Å². The minimum absolute atomic E-state index is 0.0717. The Hall–Kier alpha value is -0.670. The first-order valence-corrected chi connectivity index (χ1v) is 8.34. The largest absolute Gasteiger partial charge is 0.480 e. The third-order valence-corrected chi connectivity index (χ3v) is 5.06. The quantitative estimate of drug-likeness (QED) is 0.720. The fraction of sp³-hybridized carbons (Fsp3) is 0.417. The summed E-state index contributed by atoms with van der Waals surface area (Å²) < 4.78 is 27.4. The van der Waals surface area contributed by atoms with Crippen LogP contribution in [0.5, 0.6) is 0 Å². The molecular formula is C12H16INO4S. The van der Waals surface area contributed by atoms with E-state index >= 15 is 0 Å². The first-order valence-electron chi connectivity index (χ1n) is 5.78. The average Bonchev–Trinajstić information content (AvgIpc) is 2.35. The van der Waals surface area contributed by atoms with Crippen molar-refractivity contribution in [3.8, 4) is 0 Å². The molecule has 0 amide bonds. The van der Waals surface area contributed by atoms with Crippen LogP contribution >= 0.6 is 22.6 Å². The van der Waals surface area contributed by atoms with E-state index in [1.54, 1.807) is 19.1 Å². The molecule has 2 atom stereocenters. The number of carbonyl (C=O) groups is 1. The highest BCUT2D eigenvalue weighted by Crippen LogP contribution is 2.15. The first kappa shape index (κ1) is 16.4. The summed E-state index contributed by atoms with van der Waals surface area (Å²) >= 11 is 2.07. The molecule has 1 rings (SSSR count). The number of halogens is 1. The van der Waals surface area contributed by atoms with Crippen LogP contribution in [0.15, 0.2) is 29.2 Å². The highest BCUT2D eigenvalue weighted by molar-refractivity contribution is 14.1. The number of carboxylic acids is 1. The van der Waals surface area contributed by atoms with Gasteiger partial charge in [0.15, 0.2) is 0 Å². The van der Waals surface area contributed by atoms with E-state index < -0.39 is 22.0 Å². The van der Waals surface area contributed by atoms with Crippen molar-refractivity contribution in [3.63, 3.8) is 0 Å². The van der Waals surface area contributed by atoms with Crippen LogP contribution in [0.1, 0.15) is 20.3 Å². The van der Waals surface area contributed by atoms with Gasteiger partial charge in [-0.1, -0.05) is 20.3 Å². The van der Waals surface area contributed by atoms with Gasteiger partial charge in [-0.3, -0.25) is 4.79 Å². The maximum atomic E-state index is 12.1. The zero-order valence-corrected chi connectivity index (χ0v) is 13.6. The van der Waals surface area contributed by atoms with Crippen LogP contribution in [-0.2, 0) is 14.8 Å². The molecule has 0 unspecified atom stereocenters. The molecule has 0 aliphatic carbocycles. The van der Waals surface area contributed by atoms with Crippen LogP contribution in [0.4, 0.5) is 0 Å². The van der Waals surface area contributed by atoms with Crippen molar-refractivity contribution in [2.24, 2.45) is 5.92 Å². The van der Waals surface area contributed by atoms with E-state index in [2.05, 4.69) is 27.3 Å². The number of benzene rings is 1. The molecule has 0 bridgehead atoms. The summed E-state index contributed by atoms with van der Waals surface area (Å²) in [5.74, 6) is -1.44. The Balaban J connectivity index is 3.00. The molecule has 19 heavy (non-hydrogen) atoms. The molecule has 106 valence electrons. The Bertz CT molecular complexity index is 541. The molecule has 0 aliphatic rings. The van der Waals surface area contributed by atoms with Crippen molar-refractivity contribution in [3.05, 3.63) is 27.8 Å². The summed E-state index contributed by atoms with van der Waals surface area (Å²) in [6, 6.07) is 5.12. The molecule has 0 heterocycles. The molecule has 7 heteroatoms. The van der Waals surface area contributed by atoms with Crippen LogP contribution in [0.3, 0.4) is 0 Å².